The molecule has 0 aliphatic carbocycles. The van der Waals surface area contributed by atoms with Crippen LogP contribution >= 0.6 is 0 Å². The monoisotopic (exact) mass is 393 g/mol. The predicted molar refractivity (Wildman–Crippen MR) is 119 cm³/mol. The van der Waals surface area contributed by atoms with Crippen molar-refractivity contribution >= 4 is 23.2 Å². The molecule has 3 rings (SSSR count). The first-order chi connectivity index (χ1) is 13.7. The Balaban J connectivity index is 1.66. The van der Waals surface area contributed by atoms with Crippen LogP contribution in [0.3, 0.4) is 0 Å². The predicted octanol–water partition coefficient (Wildman–Crippen LogP) is 4.25. The van der Waals surface area contributed by atoms with Crippen molar-refractivity contribution in [1.82, 2.24) is 4.90 Å². The number of carbonyl (C=O) groups excluding carboxylic acids is 2. The second-order valence-electron chi connectivity index (χ2n) is 8.78. The quantitative estimate of drug-likeness (QED) is 0.848. The summed E-state index contributed by atoms with van der Waals surface area (Å²) in [6.07, 6.45) is 0. The van der Waals surface area contributed by atoms with Crippen molar-refractivity contribution in [2.45, 2.75) is 34.6 Å². The normalized spacial score (nSPS) is 14.7. The van der Waals surface area contributed by atoms with Crippen molar-refractivity contribution in [1.29, 1.82) is 0 Å². The van der Waals surface area contributed by atoms with Crippen LogP contribution < -0.4 is 10.2 Å². The van der Waals surface area contributed by atoms with Crippen molar-refractivity contribution in [3.8, 4) is 0 Å². The van der Waals surface area contributed by atoms with Gasteiger partial charge in [-0.2, -0.15) is 0 Å². The second kappa shape index (κ2) is 8.27. The highest BCUT2D eigenvalue weighted by Gasteiger charge is 2.24. The van der Waals surface area contributed by atoms with E-state index >= 15 is 0 Å². The lowest BCUT2D eigenvalue weighted by molar-refractivity contribution is -0.123. The number of piperazine rings is 1. The highest BCUT2D eigenvalue weighted by molar-refractivity contribution is 5.98. The van der Waals surface area contributed by atoms with Gasteiger partial charge in [0.25, 0.3) is 5.91 Å². The molecule has 0 saturated carbocycles. The Hall–Kier alpha value is -2.82. The molecule has 1 aliphatic heterocycles. The van der Waals surface area contributed by atoms with Gasteiger partial charge in [0.2, 0.25) is 5.91 Å². The van der Waals surface area contributed by atoms with Crippen LogP contribution in [0.2, 0.25) is 0 Å². The number of nitrogens with one attached hydrogen (secondary N) is 1. The van der Waals surface area contributed by atoms with Crippen molar-refractivity contribution in [3.63, 3.8) is 0 Å². The van der Waals surface area contributed by atoms with E-state index in [9.17, 15) is 9.59 Å². The van der Waals surface area contributed by atoms with Gasteiger partial charge in [0, 0.05) is 48.5 Å². The summed E-state index contributed by atoms with van der Waals surface area (Å²) in [6.45, 7) is 12.9. The third-order valence-corrected chi connectivity index (χ3v) is 5.53. The molecular weight excluding hydrogens is 362 g/mol. The van der Waals surface area contributed by atoms with E-state index in [2.05, 4.69) is 42.3 Å². The summed E-state index contributed by atoms with van der Waals surface area (Å²) in [6, 6.07) is 13.6. The highest BCUT2D eigenvalue weighted by atomic mass is 16.2. The Morgan fingerprint density at radius 3 is 2.24 bits per heavy atom. The lowest BCUT2D eigenvalue weighted by atomic mass is 9.95. The Kier molecular flexibility index (Phi) is 5.96. The third-order valence-electron chi connectivity index (χ3n) is 5.53. The molecule has 0 spiro atoms. The SMILES string of the molecule is Cc1cccc(N2CCN(C(=O)c3cccc(NC(=O)C(C)(C)C)c3)CC2)c1C. The van der Waals surface area contributed by atoms with E-state index in [1.54, 1.807) is 6.07 Å². The van der Waals surface area contributed by atoms with Crippen molar-refractivity contribution in [2.75, 3.05) is 36.4 Å². The number of rotatable bonds is 3. The summed E-state index contributed by atoms with van der Waals surface area (Å²) in [7, 11) is 0. The van der Waals surface area contributed by atoms with Crippen LogP contribution in [0.1, 0.15) is 42.3 Å². The molecule has 2 aromatic carbocycles. The van der Waals surface area contributed by atoms with E-state index in [4.69, 9.17) is 0 Å². The molecule has 0 aromatic heterocycles. The molecule has 1 N–H and O–H groups in total. The molecule has 0 atom stereocenters. The summed E-state index contributed by atoms with van der Waals surface area (Å²) >= 11 is 0. The molecule has 5 heteroatoms. The average Bonchev–Trinajstić information content (AvgIpc) is 2.69. The number of carbonyl (C=O) groups is 2. The molecular formula is C24H31N3O2. The zero-order chi connectivity index (χ0) is 21.2. The maximum absolute atomic E-state index is 13.0. The van der Waals surface area contributed by atoms with Gasteiger partial charge in [-0.05, 0) is 49.2 Å². The minimum absolute atomic E-state index is 0.0115. The lowest BCUT2D eigenvalue weighted by Gasteiger charge is -2.37. The van der Waals surface area contributed by atoms with Crippen LogP contribution in [-0.2, 0) is 4.79 Å². The zero-order valence-corrected chi connectivity index (χ0v) is 18.1. The number of hydrogen-bond acceptors (Lipinski definition) is 3. The van der Waals surface area contributed by atoms with Crippen LogP contribution in [0.5, 0.6) is 0 Å². The van der Waals surface area contributed by atoms with Gasteiger partial charge in [0.1, 0.15) is 0 Å². The Bertz CT molecular complexity index is 907. The van der Waals surface area contributed by atoms with Crippen LogP contribution in [0, 0.1) is 19.3 Å². The number of anilines is 2. The van der Waals surface area contributed by atoms with Crippen molar-refractivity contribution in [2.24, 2.45) is 5.41 Å². The number of amides is 2. The van der Waals surface area contributed by atoms with Gasteiger partial charge in [-0.15, -0.1) is 0 Å². The number of nitrogens with zero attached hydrogens (tertiary/aromatic N) is 2. The fraction of sp³-hybridized carbons (Fsp3) is 0.417. The van der Waals surface area contributed by atoms with E-state index in [-0.39, 0.29) is 11.8 Å². The van der Waals surface area contributed by atoms with Gasteiger partial charge in [-0.1, -0.05) is 39.0 Å². The second-order valence-corrected chi connectivity index (χ2v) is 8.78. The van der Waals surface area contributed by atoms with Crippen LogP contribution in [0.15, 0.2) is 42.5 Å². The Labute approximate surface area is 173 Å². The van der Waals surface area contributed by atoms with E-state index in [0.29, 0.717) is 24.3 Å². The topological polar surface area (TPSA) is 52.6 Å². The van der Waals surface area contributed by atoms with Crippen LogP contribution in [-0.4, -0.2) is 42.9 Å². The van der Waals surface area contributed by atoms with Gasteiger partial charge < -0.3 is 15.1 Å². The number of benzene rings is 2. The summed E-state index contributed by atoms with van der Waals surface area (Å²) in [5.41, 5.74) is 4.62. The molecule has 2 aromatic rings. The van der Waals surface area contributed by atoms with Gasteiger partial charge in [0.15, 0.2) is 0 Å². The first kappa shape index (κ1) is 20.9. The summed E-state index contributed by atoms with van der Waals surface area (Å²) < 4.78 is 0. The zero-order valence-electron chi connectivity index (χ0n) is 18.1. The minimum Gasteiger partial charge on any atom is -0.368 e. The molecule has 1 heterocycles. The fourth-order valence-corrected chi connectivity index (χ4v) is 3.46. The largest absolute Gasteiger partial charge is 0.368 e. The molecule has 154 valence electrons. The fourth-order valence-electron chi connectivity index (χ4n) is 3.46. The number of aryl methyl sites for hydroxylation is 1. The highest BCUT2D eigenvalue weighted by Crippen LogP contribution is 2.24. The van der Waals surface area contributed by atoms with E-state index in [0.717, 1.165) is 13.1 Å². The molecule has 0 bridgehead atoms. The molecule has 1 fully saturated rings. The maximum atomic E-state index is 13.0. The van der Waals surface area contributed by atoms with Crippen molar-refractivity contribution in [3.05, 3.63) is 59.2 Å². The van der Waals surface area contributed by atoms with Crippen LogP contribution in [0.4, 0.5) is 11.4 Å². The van der Waals surface area contributed by atoms with Gasteiger partial charge in [-0.3, -0.25) is 9.59 Å². The van der Waals surface area contributed by atoms with Crippen LogP contribution in [0.25, 0.3) is 0 Å². The Morgan fingerprint density at radius 1 is 0.931 bits per heavy atom. The third kappa shape index (κ3) is 4.78. The van der Waals surface area contributed by atoms with Crippen molar-refractivity contribution < 1.29 is 9.59 Å². The molecule has 1 saturated heterocycles. The smallest absolute Gasteiger partial charge is 0.254 e. The van der Waals surface area contributed by atoms with Gasteiger partial charge in [-0.25, -0.2) is 0 Å². The first-order valence-corrected chi connectivity index (χ1v) is 10.2. The van der Waals surface area contributed by atoms with E-state index in [1.807, 2.05) is 43.9 Å². The minimum atomic E-state index is -0.482. The first-order valence-electron chi connectivity index (χ1n) is 10.2. The molecule has 5 nitrogen and oxygen atoms in total. The standard InChI is InChI=1S/C24H31N3O2/c1-17-8-6-11-21(18(17)2)26-12-14-27(15-13-26)22(28)19-9-7-10-20(16-19)25-23(29)24(3,4)5/h6-11,16H,12-15H2,1-5H3,(H,25,29). The van der Waals surface area contributed by atoms with E-state index < -0.39 is 5.41 Å². The molecule has 2 amide bonds. The molecule has 0 unspecified atom stereocenters. The Morgan fingerprint density at radius 2 is 1.59 bits per heavy atom. The summed E-state index contributed by atoms with van der Waals surface area (Å²) in [5, 5.41) is 2.90. The summed E-state index contributed by atoms with van der Waals surface area (Å²) in [5.74, 6) is -0.0540. The van der Waals surface area contributed by atoms with E-state index in [1.165, 1.54) is 16.8 Å². The summed E-state index contributed by atoms with van der Waals surface area (Å²) in [4.78, 5) is 29.5. The molecule has 0 radical (unpaired) electrons. The van der Waals surface area contributed by atoms with Gasteiger partial charge >= 0.3 is 0 Å². The average molecular weight is 394 g/mol. The molecule has 29 heavy (non-hydrogen) atoms. The lowest BCUT2D eigenvalue weighted by Crippen LogP contribution is -2.49. The number of hydrogen-bond donors (Lipinski definition) is 1. The maximum Gasteiger partial charge on any atom is 0.254 e. The van der Waals surface area contributed by atoms with Gasteiger partial charge in [0.05, 0.1) is 0 Å². The molecule has 1 aliphatic rings.